The Morgan fingerprint density at radius 3 is 2.42 bits per heavy atom. The van der Waals surface area contributed by atoms with E-state index in [1.54, 1.807) is 0 Å². The van der Waals surface area contributed by atoms with Gasteiger partial charge in [0.15, 0.2) is 0 Å². The average molecular weight is 355 g/mol. The van der Waals surface area contributed by atoms with Gasteiger partial charge in [-0.05, 0) is 48.9 Å². The molecule has 0 amide bonds. The maximum absolute atomic E-state index is 13.8. The number of benzene rings is 2. The summed E-state index contributed by atoms with van der Waals surface area (Å²) in [4.78, 5) is 2.55. The lowest BCUT2D eigenvalue weighted by Crippen LogP contribution is -2.51. The summed E-state index contributed by atoms with van der Waals surface area (Å²) < 4.78 is 19.0. The lowest BCUT2D eigenvalue weighted by atomic mass is 9.81. The zero-order valence-corrected chi connectivity index (χ0v) is 15.2. The molecule has 0 saturated carbocycles. The molecule has 2 bridgehead atoms. The highest BCUT2D eigenvalue weighted by Crippen LogP contribution is 2.43. The molecular weight excluding hydrogens is 329 g/mol. The third kappa shape index (κ3) is 3.62. The second-order valence-electron chi connectivity index (χ2n) is 7.85. The lowest BCUT2D eigenvalue weighted by molar-refractivity contribution is -0.0540. The molecule has 2 saturated heterocycles. The van der Waals surface area contributed by atoms with Crippen molar-refractivity contribution in [1.29, 1.82) is 0 Å². The first kappa shape index (κ1) is 17.5. The zero-order valence-electron chi connectivity index (χ0n) is 15.2. The van der Waals surface area contributed by atoms with E-state index < -0.39 is 5.60 Å². The van der Waals surface area contributed by atoms with E-state index >= 15 is 0 Å². The molecule has 0 spiro atoms. The standard InChI is InChI=1S/C22H26FNO2/c1-26-21-10-17(9-18(23)11-21)12-22(25)13-19-7-8-20(14-22)24(19)15-16-5-3-2-4-6-16/h2-6,9-11,19-20,25H,7-8,12-15H2,1H3. The smallest absolute Gasteiger partial charge is 0.127 e. The van der Waals surface area contributed by atoms with E-state index in [0.717, 1.165) is 37.8 Å². The van der Waals surface area contributed by atoms with Crippen molar-refractivity contribution in [3.05, 3.63) is 65.5 Å². The highest BCUT2D eigenvalue weighted by Gasteiger charge is 2.47. The Balaban J connectivity index is 1.48. The summed E-state index contributed by atoms with van der Waals surface area (Å²) in [7, 11) is 1.54. The molecule has 1 N–H and O–H groups in total. The van der Waals surface area contributed by atoms with Gasteiger partial charge in [-0.2, -0.15) is 0 Å². The van der Waals surface area contributed by atoms with E-state index in [4.69, 9.17) is 4.74 Å². The molecule has 138 valence electrons. The number of nitrogens with zero attached hydrogens (tertiary/aromatic N) is 1. The molecule has 4 heteroatoms. The summed E-state index contributed by atoms with van der Waals surface area (Å²) in [5.74, 6) is 0.195. The minimum Gasteiger partial charge on any atom is -0.497 e. The van der Waals surface area contributed by atoms with E-state index in [-0.39, 0.29) is 5.82 Å². The number of methoxy groups -OCH3 is 1. The summed E-state index contributed by atoms with van der Waals surface area (Å²) in [5, 5.41) is 11.3. The van der Waals surface area contributed by atoms with Crippen LogP contribution in [0.1, 0.15) is 36.8 Å². The molecule has 26 heavy (non-hydrogen) atoms. The van der Waals surface area contributed by atoms with E-state index in [1.807, 2.05) is 12.1 Å². The summed E-state index contributed by atoms with van der Waals surface area (Å²) >= 11 is 0. The van der Waals surface area contributed by atoms with Crippen LogP contribution in [0.15, 0.2) is 48.5 Å². The first-order valence-corrected chi connectivity index (χ1v) is 9.40. The Bertz CT molecular complexity index is 750. The first-order valence-electron chi connectivity index (χ1n) is 9.40. The Kier molecular flexibility index (Phi) is 4.72. The molecule has 2 atom stereocenters. The summed E-state index contributed by atoms with van der Waals surface area (Å²) in [5.41, 5.74) is 1.36. The summed E-state index contributed by atoms with van der Waals surface area (Å²) in [6.07, 6.45) is 4.23. The van der Waals surface area contributed by atoms with Crippen LogP contribution in [0.4, 0.5) is 4.39 Å². The molecule has 3 nitrogen and oxygen atoms in total. The van der Waals surface area contributed by atoms with Gasteiger partial charge in [-0.25, -0.2) is 4.39 Å². The van der Waals surface area contributed by atoms with Crippen molar-refractivity contribution in [2.75, 3.05) is 7.11 Å². The monoisotopic (exact) mass is 355 g/mol. The maximum atomic E-state index is 13.8. The zero-order chi connectivity index (χ0) is 18.1. The van der Waals surface area contributed by atoms with Gasteiger partial charge >= 0.3 is 0 Å². The van der Waals surface area contributed by atoms with Gasteiger partial charge < -0.3 is 9.84 Å². The number of piperidine rings is 1. The number of hydrogen-bond donors (Lipinski definition) is 1. The van der Waals surface area contributed by atoms with Crippen LogP contribution in [0.5, 0.6) is 5.75 Å². The molecule has 2 fully saturated rings. The minimum atomic E-state index is -0.766. The van der Waals surface area contributed by atoms with Crippen molar-refractivity contribution in [2.45, 2.75) is 56.3 Å². The molecule has 2 heterocycles. The number of rotatable bonds is 5. The molecule has 4 rings (SSSR count). The largest absolute Gasteiger partial charge is 0.497 e. The second-order valence-corrected chi connectivity index (χ2v) is 7.85. The van der Waals surface area contributed by atoms with Crippen LogP contribution in [0.25, 0.3) is 0 Å². The highest BCUT2D eigenvalue weighted by molar-refractivity contribution is 5.31. The van der Waals surface area contributed by atoms with Crippen LogP contribution in [-0.4, -0.2) is 34.8 Å². The molecular formula is C22H26FNO2. The van der Waals surface area contributed by atoms with E-state index in [2.05, 4.69) is 29.2 Å². The fraction of sp³-hybridized carbons (Fsp3) is 0.455. The molecule has 2 aromatic rings. The lowest BCUT2D eigenvalue weighted by Gasteiger charge is -2.44. The van der Waals surface area contributed by atoms with E-state index in [1.165, 1.54) is 24.8 Å². The van der Waals surface area contributed by atoms with Crippen molar-refractivity contribution in [2.24, 2.45) is 0 Å². The fourth-order valence-corrected chi connectivity index (χ4v) is 4.83. The van der Waals surface area contributed by atoms with Crippen LogP contribution < -0.4 is 4.74 Å². The number of aliphatic hydroxyl groups is 1. The summed E-state index contributed by atoms with van der Waals surface area (Å²) in [6, 6.07) is 16.0. The molecule has 2 unspecified atom stereocenters. The number of halogens is 1. The molecule has 0 radical (unpaired) electrons. The van der Waals surface area contributed by atoms with Gasteiger partial charge in [-0.1, -0.05) is 30.3 Å². The van der Waals surface area contributed by atoms with Crippen LogP contribution in [-0.2, 0) is 13.0 Å². The van der Waals surface area contributed by atoms with Gasteiger partial charge in [0.25, 0.3) is 0 Å². The van der Waals surface area contributed by atoms with Crippen molar-refractivity contribution in [1.82, 2.24) is 4.90 Å². The topological polar surface area (TPSA) is 32.7 Å². The maximum Gasteiger partial charge on any atom is 0.127 e. The van der Waals surface area contributed by atoms with Crippen LogP contribution in [0.3, 0.4) is 0 Å². The number of ether oxygens (including phenoxy) is 1. The van der Waals surface area contributed by atoms with Crippen LogP contribution in [0.2, 0.25) is 0 Å². The SMILES string of the molecule is COc1cc(F)cc(CC2(O)CC3CCC(C2)N3Cc2ccccc2)c1. The van der Waals surface area contributed by atoms with Crippen molar-refractivity contribution in [3.63, 3.8) is 0 Å². The van der Waals surface area contributed by atoms with Crippen molar-refractivity contribution >= 4 is 0 Å². The molecule has 0 aliphatic carbocycles. The third-order valence-electron chi connectivity index (χ3n) is 5.91. The van der Waals surface area contributed by atoms with Gasteiger partial charge in [0, 0.05) is 31.1 Å². The van der Waals surface area contributed by atoms with Gasteiger partial charge in [-0.15, -0.1) is 0 Å². The Morgan fingerprint density at radius 2 is 1.77 bits per heavy atom. The number of hydrogen-bond acceptors (Lipinski definition) is 3. The van der Waals surface area contributed by atoms with Crippen LogP contribution >= 0.6 is 0 Å². The fourth-order valence-electron chi connectivity index (χ4n) is 4.83. The predicted octanol–water partition coefficient (Wildman–Crippen LogP) is 3.93. The van der Waals surface area contributed by atoms with E-state index in [9.17, 15) is 9.50 Å². The molecule has 2 aromatic carbocycles. The normalized spacial score (nSPS) is 28.3. The minimum absolute atomic E-state index is 0.313. The van der Waals surface area contributed by atoms with Gasteiger partial charge in [-0.3, -0.25) is 4.90 Å². The number of fused-ring (bicyclic) bond motifs is 2. The van der Waals surface area contributed by atoms with Crippen LogP contribution in [0, 0.1) is 5.82 Å². The van der Waals surface area contributed by atoms with Crippen molar-refractivity contribution < 1.29 is 14.2 Å². The van der Waals surface area contributed by atoms with Crippen molar-refractivity contribution in [3.8, 4) is 5.75 Å². The van der Waals surface area contributed by atoms with Gasteiger partial charge in [0.1, 0.15) is 11.6 Å². The third-order valence-corrected chi connectivity index (χ3v) is 5.91. The average Bonchev–Trinajstić information content (AvgIpc) is 2.86. The van der Waals surface area contributed by atoms with Gasteiger partial charge in [0.05, 0.1) is 12.7 Å². The Morgan fingerprint density at radius 1 is 1.08 bits per heavy atom. The Labute approximate surface area is 154 Å². The Hall–Kier alpha value is -1.91. The second kappa shape index (κ2) is 7.01. The molecule has 2 aliphatic heterocycles. The molecule has 0 aromatic heterocycles. The first-order chi connectivity index (χ1) is 12.5. The van der Waals surface area contributed by atoms with E-state index in [0.29, 0.717) is 24.3 Å². The highest BCUT2D eigenvalue weighted by atomic mass is 19.1. The summed E-state index contributed by atoms with van der Waals surface area (Å²) in [6.45, 7) is 0.944. The molecule has 2 aliphatic rings. The quantitative estimate of drug-likeness (QED) is 0.882. The van der Waals surface area contributed by atoms with Gasteiger partial charge in [0.2, 0.25) is 0 Å². The predicted molar refractivity (Wildman–Crippen MR) is 99.6 cm³/mol.